The van der Waals surface area contributed by atoms with Crippen molar-refractivity contribution in [2.75, 3.05) is 20.2 Å². The number of aliphatic hydroxyl groups excluding tert-OH is 1. The number of rotatable bonds is 3. The Bertz CT molecular complexity index is 755. The standard InChI is InChI=1S/C20H25NO4/c1-12-10-13(2)16(15(11-12)14-4-5-14)17-18(22)20(25-19(17)23)6-8-21(24-3)9-7-20/h10-11,14,22H,4-9H2,1-3H3. The maximum absolute atomic E-state index is 12.8. The molecule has 1 aromatic carbocycles. The average Bonchev–Trinajstić information content (AvgIpc) is 3.38. The Morgan fingerprint density at radius 1 is 1.24 bits per heavy atom. The fourth-order valence-electron chi connectivity index (χ4n) is 4.25. The molecule has 4 rings (SSSR count). The van der Waals surface area contributed by atoms with Crippen molar-refractivity contribution in [3.05, 3.63) is 40.1 Å². The predicted octanol–water partition coefficient (Wildman–Crippen LogP) is 3.40. The third-order valence-corrected chi connectivity index (χ3v) is 5.73. The number of nitrogens with zero attached hydrogens (tertiary/aromatic N) is 1. The number of carbonyl (C=O) groups is 1. The molecule has 25 heavy (non-hydrogen) atoms. The molecule has 0 unspecified atom stereocenters. The van der Waals surface area contributed by atoms with E-state index < -0.39 is 11.6 Å². The molecule has 2 aliphatic heterocycles. The normalized spacial score (nSPS) is 23.4. The summed E-state index contributed by atoms with van der Waals surface area (Å²) in [6, 6.07) is 4.24. The zero-order valence-electron chi connectivity index (χ0n) is 15.1. The van der Waals surface area contributed by atoms with E-state index in [0.717, 1.165) is 24.0 Å². The van der Waals surface area contributed by atoms with Crippen LogP contribution in [0.1, 0.15) is 53.9 Å². The molecule has 1 saturated carbocycles. The highest BCUT2D eigenvalue weighted by molar-refractivity contribution is 6.20. The first kappa shape index (κ1) is 16.6. The first-order chi connectivity index (χ1) is 11.9. The first-order valence-electron chi connectivity index (χ1n) is 9.03. The van der Waals surface area contributed by atoms with Crippen molar-refractivity contribution in [2.24, 2.45) is 0 Å². The summed E-state index contributed by atoms with van der Waals surface area (Å²) in [5, 5.41) is 12.9. The molecule has 2 heterocycles. The number of carbonyl (C=O) groups excluding carboxylic acids is 1. The second-order valence-electron chi connectivity index (χ2n) is 7.54. The van der Waals surface area contributed by atoms with Crippen molar-refractivity contribution in [1.29, 1.82) is 0 Å². The SMILES string of the molecule is CON1CCC2(CC1)OC(=O)C(c1c(C)cc(C)cc1C1CC1)=C2O. The Labute approximate surface area is 148 Å². The van der Waals surface area contributed by atoms with Gasteiger partial charge >= 0.3 is 5.97 Å². The van der Waals surface area contributed by atoms with Crippen LogP contribution >= 0.6 is 0 Å². The van der Waals surface area contributed by atoms with Crippen LogP contribution in [-0.4, -0.2) is 41.9 Å². The van der Waals surface area contributed by atoms with E-state index >= 15 is 0 Å². The Kier molecular flexibility index (Phi) is 3.89. The van der Waals surface area contributed by atoms with Crippen molar-refractivity contribution < 1.29 is 19.5 Å². The van der Waals surface area contributed by atoms with Crippen LogP contribution in [0.5, 0.6) is 0 Å². The maximum atomic E-state index is 12.8. The number of hydroxylamine groups is 2. The van der Waals surface area contributed by atoms with Gasteiger partial charge in [0.1, 0.15) is 5.57 Å². The van der Waals surface area contributed by atoms with Gasteiger partial charge in [0, 0.05) is 25.9 Å². The van der Waals surface area contributed by atoms with Crippen LogP contribution in [0.3, 0.4) is 0 Å². The van der Waals surface area contributed by atoms with E-state index in [4.69, 9.17) is 9.57 Å². The van der Waals surface area contributed by atoms with Gasteiger partial charge in [-0.3, -0.25) is 0 Å². The summed E-state index contributed by atoms with van der Waals surface area (Å²) < 4.78 is 5.76. The molecular formula is C20H25NO4. The van der Waals surface area contributed by atoms with Crippen LogP contribution in [0.4, 0.5) is 0 Å². The highest BCUT2D eigenvalue weighted by Crippen LogP contribution is 2.49. The zero-order chi connectivity index (χ0) is 17.8. The lowest BCUT2D eigenvalue weighted by molar-refractivity contribution is -0.182. The maximum Gasteiger partial charge on any atom is 0.343 e. The molecule has 1 aromatic rings. The van der Waals surface area contributed by atoms with E-state index in [1.54, 1.807) is 7.11 Å². The van der Waals surface area contributed by atoms with E-state index in [1.807, 2.05) is 12.0 Å². The molecule has 5 heteroatoms. The van der Waals surface area contributed by atoms with Crippen LogP contribution in [0, 0.1) is 13.8 Å². The fourth-order valence-corrected chi connectivity index (χ4v) is 4.25. The Hall–Kier alpha value is -1.85. The zero-order valence-corrected chi connectivity index (χ0v) is 15.1. The molecular weight excluding hydrogens is 318 g/mol. The van der Waals surface area contributed by atoms with Gasteiger partial charge in [-0.15, -0.1) is 0 Å². The summed E-state index contributed by atoms with van der Waals surface area (Å²) in [5.41, 5.74) is 3.79. The van der Waals surface area contributed by atoms with Gasteiger partial charge in [-0.05, 0) is 49.3 Å². The molecule has 2 fully saturated rings. The largest absolute Gasteiger partial charge is 0.507 e. The van der Waals surface area contributed by atoms with Gasteiger partial charge in [-0.25, -0.2) is 4.79 Å². The number of aryl methyl sites for hydroxylation is 2. The second kappa shape index (κ2) is 5.85. The van der Waals surface area contributed by atoms with E-state index in [2.05, 4.69) is 19.1 Å². The minimum absolute atomic E-state index is 0.113. The summed E-state index contributed by atoms with van der Waals surface area (Å²) in [4.78, 5) is 18.0. The molecule has 1 aliphatic carbocycles. The molecule has 0 amide bonds. The highest BCUT2D eigenvalue weighted by atomic mass is 16.7. The molecule has 0 aromatic heterocycles. The Morgan fingerprint density at radius 3 is 2.52 bits per heavy atom. The Balaban J connectivity index is 1.79. The first-order valence-corrected chi connectivity index (χ1v) is 9.03. The number of benzene rings is 1. The number of piperidine rings is 1. The summed E-state index contributed by atoms with van der Waals surface area (Å²) in [6.07, 6.45) is 3.39. The number of hydrogen-bond donors (Lipinski definition) is 1. The molecule has 3 aliphatic rings. The van der Waals surface area contributed by atoms with Gasteiger partial charge in [0.25, 0.3) is 0 Å². The lowest BCUT2D eigenvalue weighted by atomic mass is 9.85. The highest BCUT2D eigenvalue weighted by Gasteiger charge is 2.51. The molecule has 0 atom stereocenters. The molecule has 1 spiro atoms. The van der Waals surface area contributed by atoms with Crippen molar-refractivity contribution in [1.82, 2.24) is 5.06 Å². The van der Waals surface area contributed by atoms with Crippen molar-refractivity contribution in [3.63, 3.8) is 0 Å². The van der Waals surface area contributed by atoms with Gasteiger partial charge in [0.15, 0.2) is 11.4 Å². The van der Waals surface area contributed by atoms with E-state index in [9.17, 15) is 9.90 Å². The van der Waals surface area contributed by atoms with Gasteiger partial charge in [0.05, 0.1) is 7.11 Å². The number of esters is 1. The predicted molar refractivity (Wildman–Crippen MR) is 94.1 cm³/mol. The summed E-state index contributed by atoms with van der Waals surface area (Å²) in [5.74, 6) is 0.216. The molecule has 1 saturated heterocycles. The molecule has 5 nitrogen and oxygen atoms in total. The van der Waals surface area contributed by atoms with Crippen LogP contribution in [0.25, 0.3) is 5.57 Å². The van der Waals surface area contributed by atoms with Crippen LogP contribution in [-0.2, 0) is 14.4 Å². The topological polar surface area (TPSA) is 59.0 Å². The minimum Gasteiger partial charge on any atom is -0.507 e. The fraction of sp³-hybridized carbons (Fsp3) is 0.550. The lowest BCUT2D eigenvalue weighted by Crippen LogP contribution is -2.45. The monoisotopic (exact) mass is 343 g/mol. The smallest absolute Gasteiger partial charge is 0.343 e. The minimum atomic E-state index is -0.889. The lowest BCUT2D eigenvalue weighted by Gasteiger charge is -2.36. The van der Waals surface area contributed by atoms with Gasteiger partial charge in [0.2, 0.25) is 0 Å². The molecule has 0 radical (unpaired) electrons. The molecule has 1 N–H and O–H groups in total. The Morgan fingerprint density at radius 2 is 1.92 bits per heavy atom. The summed E-state index contributed by atoms with van der Waals surface area (Å²) >= 11 is 0. The molecule has 0 bridgehead atoms. The van der Waals surface area contributed by atoms with E-state index in [0.29, 0.717) is 37.4 Å². The van der Waals surface area contributed by atoms with Crippen LogP contribution in [0.2, 0.25) is 0 Å². The average molecular weight is 343 g/mol. The van der Waals surface area contributed by atoms with Gasteiger partial charge < -0.3 is 14.7 Å². The number of aliphatic hydroxyl groups is 1. The quantitative estimate of drug-likeness (QED) is 0.853. The summed E-state index contributed by atoms with van der Waals surface area (Å²) in [7, 11) is 1.64. The number of hydrogen-bond acceptors (Lipinski definition) is 5. The van der Waals surface area contributed by atoms with E-state index in [1.165, 1.54) is 11.1 Å². The van der Waals surface area contributed by atoms with Gasteiger partial charge in [-0.2, -0.15) is 5.06 Å². The van der Waals surface area contributed by atoms with Gasteiger partial charge in [-0.1, -0.05) is 17.7 Å². The van der Waals surface area contributed by atoms with Crippen molar-refractivity contribution in [3.8, 4) is 0 Å². The second-order valence-corrected chi connectivity index (χ2v) is 7.54. The third kappa shape index (κ3) is 2.66. The summed E-state index contributed by atoms with van der Waals surface area (Å²) in [6.45, 7) is 5.35. The van der Waals surface area contributed by atoms with Crippen LogP contribution < -0.4 is 0 Å². The van der Waals surface area contributed by atoms with E-state index in [-0.39, 0.29) is 5.76 Å². The van der Waals surface area contributed by atoms with Crippen LogP contribution in [0.15, 0.2) is 17.9 Å². The molecule has 134 valence electrons. The number of ether oxygens (including phenoxy) is 1. The van der Waals surface area contributed by atoms with Crippen molar-refractivity contribution in [2.45, 2.75) is 51.0 Å². The van der Waals surface area contributed by atoms with Crippen molar-refractivity contribution >= 4 is 11.5 Å². The third-order valence-electron chi connectivity index (χ3n) is 5.73.